The largest absolute Gasteiger partial charge is 0.858 e. The summed E-state index contributed by atoms with van der Waals surface area (Å²) in [7, 11) is 3.47. The van der Waals surface area contributed by atoms with Crippen molar-refractivity contribution in [3.8, 4) is 5.88 Å². The number of halogens is 2. The molecule has 2 aliphatic rings. The van der Waals surface area contributed by atoms with Gasteiger partial charge in [0, 0.05) is 55.9 Å². The van der Waals surface area contributed by atoms with Crippen LogP contribution in [-0.4, -0.2) is 45.3 Å². The maximum atomic E-state index is 13.5. The fourth-order valence-electron chi connectivity index (χ4n) is 4.20. The van der Waals surface area contributed by atoms with Gasteiger partial charge >= 0.3 is 5.69 Å². The molecule has 0 spiro atoms. The van der Waals surface area contributed by atoms with E-state index in [1.54, 1.807) is 45.0 Å². The number of nitrogens with zero attached hydrogens (tertiary/aromatic N) is 6. The van der Waals surface area contributed by atoms with Crippen molar-refractivity contribution in [2.75, 3.05) is 19.0 Å². The highest BCUT2D eigenvalue weighted by molar-refractivity contribution is 6.33. The number of rotatable bonds is 6. The zero-order chi connectivity index (χ0) is 27.2. The molecule has 2 heterocycles. The maximum Gasteiger partial charge on any atom is 0.330 e. The van der Waals surface area contributed by atoms with Gasteiger partial charge in [0.2, 0.25) is 0 Å². The van der Waals surface area contributed by atoms with Crippen molar-refractivity contribution >= 4 is 52.1 Å². The highest BCUT2D eigenvalue weighted by Crippen LogP contribution is 2.39. The highest BCUT2D eigenvalue weighted by atomic mass is 35.5. The number of anilines is 1. The Hall–Kier alpha value is -3.70. The van der Waals surface area contributed by atoms with Crippen LogP contribution >= 0.6 is 23.2 Å². The molecule has 37 heavy (non-hydrogen) atoms. The number of benzene rings is 1. The molecule has 1 aromatic carbocycles. The van der Waals surface area contributed by atoms with Crippen molar-refractivity contribution in [3.05, 3.63) is 67.0 Å². The van der Waals surface area contributed by atoms with E-state index in [0.717, 1.165) is 14.0 Å². The van der Waals surface area contributed by atoms with Crippen LogP contribution in [0.3, 0.4) is 0 Å². The molecule has 0 saturated heterocycles. The van der Waals surface area contributed by atoms with Crippen molar-refractivity contribution < 1.29 is 14.7 Å². The number of amides is 2. The molecule has 1 aliphatic heterocycles. The van der Waals surface area contributed by atoms with E-state index in [1.807, 2.05) is 0 Å². The molecule has 11 nitrogen and oxygen atoms in total. The van der Waals surface area contributed by atoms with E-state index in [1.165, 1.54) is 12.1 Å². The quantitative estimate of drug-likeness (QED) is 0.311. The Kier molecular flexibility index (Phi) is 7.11. The van der Waals surface area contributed by atoms with E-state index >= 15 is 0 Å². The van der Waals surface area contributed by atoms with Gasteiger partial charge in [-0.1, -0.05) is 11.6 Å². The fourth-order valence-corrected chi connectivity index (χ4v) is 4.83. The highest BCUT2D eigenvalue weighted by Gasteiger charge is 2.41. The molecular formula is C24H23Cl2N6O5-. The Labute approximate surface area is 221 Å². The summed E-state index contributed by atoms with van der Waals surface area (Å²) < 4.78 is 1.76. The topological polar surface area (TPSA) is 132 Å². The van der Waals surface area contributed by atoms with Crippen LogP contribution in [0.15, 0.2) is 54.8 Å². The molecule has 13 heteroatoms. The summed E-state index contributed by atoms with van der Waals surface area (Å²) >= 11 is 12.3. The predicted molar refractivity (Wildman–Crippen MR) is 137 cm³/mol. The summed E-state index contributed by atoms with van der Waals surface area (Å²) in [6.07, 6.45) is 3.31. The monoisotopic (exact) mass is 545 g/mol. The number of imide groups is 1. The molecular weight excluding hydrogens is 523 g/mol. The third kappa shape index (κ3) is 4.49. The minimum atomic E-state index is -0.891. The summed E-state index contributed by atoms with van der Waals surface area (Å²) in [5.41, 5.74) is -1.31. The van der Waals surface area contributed by atoms with Gasteiger partial charge in [0.05, 0.1) is 16.5 Å². The normalized spacial score (nSPS) is 17.4. The van der Waals surface area contributed by atoms with Gasteiger partial charge in [-0.05, 0) is 38.1 Å². The molecule has 0 radical (unpaired) electrons. The Morgan fingerprint density at radius 2 is 1.73 bits per heavy atom. The Balaban J connectivity index is 1.89. The lowest BCUT2D eigenvalue weighted by molar-refractivity contribution is -0.279. The molecule has 2 aromatic rings. The molecule has 1 atom stereocenters. The predicted octanol–water partition coefficient (Wildman–Crippen LogP) is 3.22. The number of alkyl halides is 1. The first kappa shape index (κ1) is 26.4. The van der Waals surface area contributed by atoms with Crippen LogP contribution in [0.25, 0.3) is 0 Å². The number of hydrogen-bond donors (Lipinski definition) is 0. The molecule has 1 aromatic heterocycles. The van der Waals surface area contributed by atoms with Gasteiger partial charge in [-0.15, -0.1) is 21.8 Å². The fraction of sp³-hybridized carbons (Fsp3) is 0.333. The van der Waals surface area contributed by atoms with Gasteiger partial charge in [-0.2, -0.15) is 0 Å². The van der Waals surface area contributed by atoms with Gasteiger partial charge in [0.1, 0.15) is 5.69 Å². The second-order valence-electron chi connectivity index (χ2n) is 8.56. The zero-order valence-corrected chi connectivity index (χ0v) is 22.0. The summed E-state index contributed by atoms with van der Waals surface area (Å²) in [5.74, 6) is -2.14. The van der Waals surface area contributed by atoms with Gasteiger partial charge in [-0.25, -0.2) is 9.69 Å². The van der Waals surface area contributed by atoms with E-state index in [9.17, 15) is 24.3 Å². The second-order valence-corrected chi connectivity index (χ2v) is 9.56. The third-order valence-corrected chi connectivity index (χ3v) is 6.57. The minimum Gasteiger partial charge on any atom is -0.858 e. The van der Waals surface area contributed by atoms with Crippen LogP contribution in [-0.2, 0) is 13.1 Å². The van der Waals surface area contributed by atoms with Crippen LogP contribution in [0.1, 0.15) is 41.0 Å². The van der Waals surface area contributed by atoms with Crippen LogP contribution in [0.2, 0.25) is 0 Å². The van der Waals surface area contributed by atoms with Crippen molar-refractivity contribution in [2.45, 2.75) is 38.7 Å². The Morgan fingerprint density at radius 3 is 2.32 bits per heavy atom. The van der Waals surface area contributed by atoms with E-state index in [-0.39, 0.29) is 36.3 Å². The van der Waals surface area contributed by atoms with Crippen LogP contribution in [0, 0.1) is 0 Å². The van der Waals surface area contributed by atoms with E-state index in [0.29, 0.717) is 16.4 Å². The molecule has 0 N–H and O–H groups in total. The maximum absolute atomic E-state index is 13.5. The summed E-state index contributed by atoms with van der Waals surface area (Å²) in [6, 6.07) is 3.07. The molecule has 1 unspecified atom stereocenters. The molecule has 1 aliphatic carbocycles. The van der Waals surface area contributed by atoms with Crippen molar-refractivity contribution in [3.63, 3.8) is 0 Å². The second kappa shape index (κ2) is 9.98. The number of fused-ring (bicyclic) bond motifs is 1. The number of allylic oxidation sites excluding steroid dienone is 4. The molecule has 4 rings (SSSR count). The van der Waals surface area contributed by atoms with Gasteiger partial charge in [0.15, 0.2) is 5.69 Å². The van der Waals surface area contributed by atoms with Crippen molar-refractivity contribution in [1.29, 1.82) is 0 Å². The molecule has 194 valence electrons. The molecule has 0 saturated carbocycles. The van der Waals surface area contributed by atoms with Gasteiger partial charge in [-0.3, -0.25) is 19.0 Å². The lowest BCUT2D eigenvalue weighted by Gasteiger charge is -2.22. The number of carbonyl (C=O) groups is 2. The first-order valence-corrected chi connectivity index (χ1v) is 12.2. The SMILES string of the molecule is CCn1c([O-])c(N=Nc2cc(N(C)C)cc3c2C(=O)N(C2=CC(Cl)=CC(Cl)C2)C3=O)c(=O)n(CC)c1=O. The van der Waals surface area contributed by atoms with Gasteiger partial charge < -0.3 is 14.6 Å². The van der Waals surface area contributed by atoms with Crippen LogP contribution < -0.4 is 21.3 Å². The Bertz CT molecular complexity index is 1540. The van der Waals surface area contributed by atoms with Crippen molar-refractivity contribution in [1.82, 2.24) is 14.0 Å². The van der Waals surface area contributed by atoms with Gasteiger partial charge in [0.25, 0.3) is 17.4 Å². The van der Waals surface area contributed by atoms with Crippen molar-refractivity contribution in [2.24, 2.45) is 10.2 Å². The molecule has 0 fully saturated rings. The molecule has 0 bridgehead atoms. The number of aromatic nitrogens is 2. The first-order chi connectivity index (χ1) is 17.5. The van der Waals surface area contributed by atoms with E-state index in [2.05, 4.69) is 10.2 Å². The minimum absolute atomic E-state index is 0.0152. The smallest absolute Gasteiger partial charge is 0.330 e. The standard InChI is InChI=1S/C24H24Cl2N6O5/c1-5-30-22(35)19(23(36)31(6-2)24(30)37)28-27-17-11-14(29(3)4)10-16-18(17)21(34)32(20(16)33)15-8-12(25)7-13(26)9-15/h7-8,10-11,13,35H,5-6,9H2,1-4H3/p-1. The summed E-state index contributed by atoms with van der Waals surface area (Å²) in [4.78, 5) is 54.8. The number of azo groups is 1. The first-order valence-electron chi connectivity index (χ1n) is 11.4. The lowest BCUT2D eigenvalue weighted by atomic mass is 10.1. The summed E-state index contributed by atoms with van der Waals surface area (Å²) in [6.45, 7) is 3.24. The Morgan fingerprint density at radius 1 is 1.05 bits per heavy atom. The zero-order valence-electron chi connectivity index (χ0n) is 20.5. The van der Waals surface area contributed by atoms with Crippen LogP contribution in [0.5, 0.6) is 5.88 Å². The number of carbonyl (C=O) groups excluding carboxylic acids is 2. The van der Waals surface area contributed by atoms with Crippen LogP contribution in [0.4, 0.5) is 17.1 Å². The molecule has 2 amide bonds. The third-order valence-electron chi connectivity index (χ3n) is 6.05. The lowest BCUT2D eigenvalue weighted by Crippen LogP contribution is -2.40. The van der Waals surface area contributed by atoms with E-state index < -0.39 is 40.0 Å². The van der Waals surface area contributed by atoms with E-state index in [4.69, 9.17) is 23.2 Å². The summed E-state index contributed by atoms with van der Waals surface area (Å²) in [5, 5.41) is 20.6. The average Bonchev–Trinajstić information content (AvgIpc) is 3.08. The average molecular weight is 546 g/mol. The number of hydrogen-bond acceptors (Lipinski definition) is 8.